The third-order valence-corrected chi connectivity index (χ3v) is 6.15. The van der Waals surface area contributed by atoms with Crippen LogP contribution < -0.4 is 5.73 Å². The molecule has 2 aliphatic heterocycles. The number of hydrogen-bond acceptors (Lipinski definition) is 7. The van der Waals surface area contributed by atoms with Gasteiger partial charge in [-0.05, 0) is 37.7 Å². The number of likely N-dealkylation sites (tertiary alicyclic amines) is 2. The first kappa shape index (κ1) is 24.4. The van der Waals surface area contributed by atoms with Gasteiger partial charge in [-0.15, -0.1) is 0 Å². The number of amides is 2. The summed E-state index contributed by atoms with van der Waals surface area (Å²) in [7, 11) is 1.63. The van der Waals surface area contributed by atoms with Crippen LogP contribution >= 0.6 is 0 Å². The highest BCUT2D eigenvalue weighted by Gasteiger charge is 2.34. The molecular weight excluding hydrogens is 414 g/mol. The van der Waals surface area contributed by atoms with Gasteiger partial charge in [-0.25, -0.2) is 4.79 Å². The lowest BCUT2D eigenvalue weighted by atomic mass is 9.98. The largest absolute Gasteiger partial charge is 0.422 e. The van der Waals surface area contributed by atoms with Crippen LogP contribution in [0, 0.1) is 0 Å². The molecule has 32 heavy (non-hydrogen) atoms. The summed E-state index contributed by atoms with van der Waals surface area (Å²) < 4.78 is 20.9. The number of carbonyl (C=O) groups is 2. The van der Waals surface area contributed by atoms with Crippen molar-refractivity contribution >= 4 is 12.0 Å². The van der Waals surface area contributed by atoms with Crippen LogP contribution in [0.5, 0.6) is 0 Å². The van der Waals surface area contributed by atoms with Gasteiger partial charge in [0.25, 0.3) is 0 Å². The van der Waals surface area contributed by atoms with E-state index in [-0.39, 0.29) is 30.9 Å². The molecule has 0 bridgehead atoms. The van der Waals surface area contributed by atoms with Crippen molar-refractivity contribution in [3.8, 4) is 0 Å². The molecule has 1 aromatic rings. The number of ether oxygens (including phenoxy) is 4. The first-order chi connectivity index (χ1) is 15.6. The van der Waals surface area contributed by atoms with Gasteiger partial charge in [-0.1, -0.05) is 30.3 Å². The van der Waals surface area contributed by atoms with Gasteiger partial charge in [-0.3, -0.25) is 9.69 Å². The van der Waals surface area contributed by atoms with Crippen LogP contribution in [0.4, 0.5) is 4.79 Å². The van der Waals surface area contributed by atoms with E-state index >= 15 is 0 Å². The Hall–Kier alpha value is -2.20. The van der Waals surface area contributed by atoms with Crippen molar-refractivity contribution in [2.24, 2.45) is 5.73 Å². The Morgan fingerprint density at radius 3 is 2.16 bits per heavy atom. The number of carbonyl (C=O) groups excluding carboxylic acids is 2. The second kappa shape index (κ2) is 12.7. The standard InChI is InChI=1S/C23H35N3O6/c1-29-16-30-19-7-11-25(12-8-19)21(15-18-5-3-2-4-6-18)22(27)26-13-9-20(10-14-26)31-17-32-23(24)28/h2-6,19-21H,7-17H2,1H3,(H2,24,28). The van der Waals surface area contributed by atoms with E-state index in [1.165, 1.54) is 0 Å². The van der Waals surface area contributed by atoms with Gasteiger partial charge in [0.15, 0.2) is 6.79 Å². The van der Waals surface area contributed by atoms with Gasteiger partial charge in [0, 0.05) is 33.3 Å². The maximum absolute atomic E-state index is 13.6. The average Bonchev–Trinajstić information content (AvgIpc) is 2.82. The molecule has 0 aliphatic carbocycles. The third-order valence-electron chi connectivity index (χ3n) is 6.15. The minimum absolute atomic E-state index is 0.0420. The SMILES string of the molecule is COCOC1CCN(C(Cc2ccccc2)C(=O)N2CCC(OCOC(N)=O)CC2)CC1. The van der Waals surface area contributed by atoms with E-state index < -0.39 is 6.09 Å². The fourth-order valence-electron chi connectivity index (χ4n) is 4.37. The Balaban J connectivity index is 1.57. The van der Waals surface area contributed by atoms with Crippen LogP contribution in [0.15, 0.2) is 30.3 Å². The fraction of sp³-hybridized carbons (Fsp3) is 0.652. The molecule has 0 aromatic heterocycles. The summed E-state index contributed by atoms with van der Waals surface area (Å²) >= 11 is 0. The number of nitrogens with zero attached hydrogens (tertiary/aromatic N) is 2. The van der Waals surface area contributed by atoms with E-state index in [2.05, 4.69) is 21.8 Å². The summed E-state index contributed by atoms with van der Waals surface area (Å²) in [5.41, 5.74) is 6.11. The topological polar surface area (TPSA) is 104 Å². The predicted octanol–water partition coefficient (Wildman–Crippen LogP) is 1.74. The third kappa shape index (κ3) is 7.44. The molecule has 1 unspecified atom stereocenters. The second-order valence-electron chi connectivity index (χ2n) is 8.29. The number of piperidine rings is 2. The summed E-state index contributed by atoms with van der Waals surface area (Å²) in [5.74, 6) is 0.164. The Labute approximate surface area is 189 Å². The summed E-state index contributed by atoms with van der Waals surface area (Å²) in [4.78, 5) is 28.5. The fourth-order valence-corrected chi connectivity index (χ4v) is 4.37. The van der Waals surface area contributed by atoms with E-state index in [4.69, 9.17) is 19.9 Å². The number of benzene rings is 1. The molecule has 2 amide bonds. The van der Waals surface area contributed by atoms with E-state index in [0.717, 1.165) is 31.5 Å². The lowest BCUT2D eigenvalue weighted by Gasteiger charge is -2.40. The van der Waals surface area contributed by atoms with Gasteiger partial charge in [-0.2, -0.15) is 0 Å². The number of methoxy groups -OCH3 is 1. The second-order valence-corrected chi connectivity index (χ2v) is 8.29. The number of nitrogens with two attached hydrogens (primary N) is 1. The van der Waals surface area contributed by atoms with Crippen molar-refractivity contribution in [3.05, 3.63) is 35.9 Å². The molecular formula is C23H35N3O6. The van der Waals surface area contributed by atoms with Crippen LogP contribution in [-0.2, 0) is 30.2 Å². The number of rotatable bonds is 10. The maximum Gasteiger partial charge on any atom is 0.406 e. The molecule has 2 fully saturated rings. The molecule has 2 N–H and O–H groups in total. The van der Waals surface area contributed by atoms with Crippen LogP contribution in [0.1, 0.15) is 31.2 Å². The Morgan fingerprint density at radius 1 is 0.969 bits per heavy atom. The Kier molecular flexibility index (Phi) is 9.73. The van der Waals surface area contributed by atoms with Crippen LogP contribution in [-0.4, -0.2) is 86.9 Å². The monoisotopic (exact) mass is 449 g/mol. The normalized spacial score (nSPS) is 19.6. The Morgan fingerprint density at radius 2 is 1.56 bits per heavy atom. The average molecular weight is 450 g/mol. The maximum atomic E-state index is 13.6. The smallest absolute Gasteiger partial charge is 0.406 e. The number of hydrogen-bond donors (Lipinski definition) is 1. The lowest BCUT2D eigenvalue weighted by Crippen LogP contribution is -2.54. The molecule has 2 heterocycles. The van der Waals surface area contributed by atoms with Gasteiger partial charge in [0.2, 0.25) is 5.91 Å². The summed E-state index contributed by atoms with van der Waals surface area (Å²) in [6.07, 6.45) is 3.16. The molecule has 0 spiro atoms. The van der Waals surface area contributed by atoms with Crippen molar-refractivity contribution < 1.29 is 28.5 Å². The molecule has 0 radical (unpaired) electrons. The van der Waals surface area contributed by atoms with Crippen LogP contribution in [0.25, 0.3) is 0 Å². The summed E-state index contributed by atoms with van der Waals surface area (Å²) in [6, 6.07) is 9.97. The zero-order valence-corrected chi connectivity index (χ0v) is 18.8. The molecule has 9 nitrogen and oxygen atoms in total. The molecule has 2 saturated heterocycles. The van der Waals surface area contributed by atoms with Crippen molar-refractivity contribution in [2.75, 3.05) is 46.9 Å². The highest BCUT2D eigenvalue weighted by Crippen LogP contribution is 2.22. The zero-order chi connectivity index (χ0) is 22.8. The van der Waals surface area contributed by atoms with Crippen molar-refractivity contribution in [1.29, 1.82) is 0 Å². The highest BCUT2D eigenvalue weighted by molar-refractivity contribution is 5.82. The molecule has 3 rings (SSSR count). The lowest BCUT2D eigenvalue weighted by molar-refractivity contribution is -0.143. The summed E-state index contributed by atoms with van der Waals surface area (Å²) in [6.45, 7) is 3.05. The Bertz CT molecular complexity index is 703. The van der Waals surface area contributed by atoms with Gasteiger partial charge in [0.05, 0.1) is 18.2 Å². The van der Waals surface area contributed by atoms with E-state index in [1.54, 1.807) is 7.11 Å². The minimum atomic E-state index is -0.849. The first-order valence-corrected chi connectivity index (χ1v) is 11.3. The van der Waals surface area contributed by atoms with Crippen molar-refractivity contribution in [1.82, 2.24) is 9.80 Å². The van der Waals surface area contributed by atoms with Crippen LogP contribution in [0.3, 0.4) is 0 Å². The van der Waals surface area contributed by atoms with Gasteiger partial charge >= 0.3 is 6.09 Å². The first-order valence-electron chi connectivity index (χ1n) is 11.3. The van der Waals surface area contributed by atoms with Crippen molar-refractivity contribution in [2.45, 2.75) is 50.4 Å². The molecule has 0 saturated carbocycles. The van der Waals surface area contributed by atoms with Crippen molar-refractivity contribution in [3.63, 3.8) is 0 Å². The van der Waals surface area contributed by atoms with E-state index in [9.17, 15) is 9.59 Å². The molecule has 1 aromatic carbocycles. The highest BCUT2D eigenvalue weighted by atomic mass is 16.7. The number of primary amides is 1. The van der Waals surface area contributed by atoms with E-state index in [1.807, 2.05) is 23.1 Å². The molecule has 1 atom stereocenters. The van der Waals surface area contributed by atoms with Gasteiger partial charge < -0.3 is 29.6 Å². The molecule has 9 heteroatoms. The molecule has 2 aliphatic rings. The van der Waals surface area contributed by atoms with Gasteiger partial charge in [0.1, 0.15) is 6.79 Å². The molecule has 178 valence electrons. The van der Waals surface area contributed by atoms with E-state index in [0.29, 0.717) is 39.1 Å². The quantitative estimate of drug-likeness (QED) is 0.543. The van der Waals surface area contributed by atoms with Crippen LogP contribution in [0.2, 0.25) is 0 Å². The summed E-state index contributed by atoms with van der Waals surface area (Å²) in [5, 5.41) is 0. The zero-order valence-electron chi connectivity index (χ0n) is 18.8. The minimum Gasteiger partial charge on any atom is -0.422 e. The predicted molar refractivity (Wildman–Crippen MR) is 118 cm³/mol.